The number of benzene rings is 1. The van der Waals surface area contributed by atoms with Crippen LogP contribution in [0.15, 0.2) is 36.5 Å². The summed E-state index contributed by atoms with van der Waals surface area (Å²) in [5.41, 5.74) is 0.608. The van der Waals surface area contributed by atoms with E-state index in [4.69, 9.17) is 14.6 Å². The van der Waals surface area contributed by atoms with Gasteiger partial charge in [0.15, 0.2) is 5.69 Å². The molecule has 2 heterocycles. The number of aryl methyl sites for hydroxylation is 1. The molecule has 0 amide bonds. The van der Waals surface area contributed by atoms with Crippen molar-refractivity contribution in [2.24, 2.45) is 0 Å². The molecule has 1 aromatic carbocycles. The van der Waals surface area contributed by atoms with E-state index in [1.54, 1.807) is 23.5 Å². The van der Waals surface area contributed by atoms with Gasteiger partial charge in [-0.1, -0.05) is 13.8 Å². The number of esters is 1. The molecule has 3 aromatic rings. The SMILES string of the molecule is CC.CO.Cc1nc2ccc(Oc3ccnc(C(=O)OC(C)(C)C)c3)cc2s1. The van der Waals surface area contributed by atoms with Crippen molar-refractivity contribution in [1.82, 2.24) is 9.97 Å². The molecule has 0 saturated carbocycles. The highest BCUT2D eigenvalue weighted by atomic mass is 32.1. The fourth-order valence-electron chi connectivity index (χ4n) is 2.14. The highest BCUT2D eigenvalue weighted by Gasteiger charge is 2.19. The number of carbonyl (C=O) groups is 1. The molecule has 0 fully saturated rings. The minimum Gasteiger partial charge on any atom is -0.457 e. The summed E-state index contributed by atoms with van der Waals surface area (Å²) >= 11 is 1.61. The number of aromatic nitrogens is 2. The summed E-state index contributed by atoms with van der Waals surface area (Å²) in [6.45, 7) is 11.4. The van der Waals surface area contributed by atoms with E-state index < -0.39 is 11.6 Å². The van der Waals surface area contributed by atoms with E-state index in [0.29, 0.717) is 11.5 Å². The van der Waals surface area contributed by atoms with Crippen LogP contribution in [0.1, 0.15) is 50.1 Å². The standard InChI is InChI=1S/C18H18N2O3S.C2H6.CH4O/c1-11-20-14-6-5-12(10-16(14)24-11)22-13-7-8-19-15(9-13)17(21)23-18(2,3)4;2*1-2/h5-10H,1-4H3;1-2H3;2H,1H3. The molecule has 7 heteroatoms. The Morgan fingerprint density at radius 3 is 2.36 bits per heavy atom. The molecule has 1 N–H and O–H groups in total. The molecule has 28 heavy (non-hydrogen) atoms. The highest BCUT2D eigenvalue weighted by Crippen LogP contribution is 2.29. The lowest BCUT2D eigenvalue weighted by atomic mass is 10.2. The Kier molecular flexibility index (Phi) is 9.02. The second-order valence-electron chi connectivity index (χ2n) is 6.34. The maximum absolute atomic E-state index is 12.1. The van der Waals surface area contributed by atoms with E-state index in [-0.39, 0.29) is 5.69 Å². The number of aliphatic hydroxyl groups is 1. The molecule has 2 aromatic heterocycles. The third kappa shape index (κ3) is 6.90. The van der Waals surface area contributed by atoms with Crippen LogP contribution in [-0.2, 0) is 4.74 Å². The van der Waals surface area contributed by atoms with Crippen molar-refractivity contribution in [3.8, 4) is 11.5 Å². The molecule has 0 aliphatic heterocycles. The first kappa shape index (κ1) is 23.5. The average molecular weight is 405 g/mol. The third-order valence-electron chi connectivity index (χ3n) is 3.04. The zero-order valence-electron chi connectivity index (χ0n) is 17.4. The Labute approximate surface area is 170 Å². The predicted molar refractivity (Wildman–Crippen MR) is 113 cm³/mol. The lowest BCUT2D eigenvalue weighted by Gasteiger charge is -2.19. The van der Waals surface area contributed by atoms with Gasteiger partial charge in [-0.2, -0.15) is 0 Å². The van der Waals surface area contributed by atoms with E-state index >= 15 is 0 Å². The monoisotopic (exact) mass is 404 g/mol. The largest absolute Gasteiger partial charge is 0.457 e. The van der Waals surface area contributed by atoms with Crippen LogP contribution in [0.25, 0.3) is 10.2 Å². The van der Waals surface area contributed by atoms with E-state index in [2.05, 4.69) is 9.97 Å². The van der Waals surface area contributed by atoms with Gasteiger partial charge in [-0.15, -0.1) is 11.3 Å². The second kappa shape index (κ2) is 10.7. The van der Waals surface area contributed by atoms with Crippen LogP contribution >= 0.6 is 11.3 Å². The van der Waals surface area contributed by atoms with Gasteiger partial charge in [-0.3, -0.25) is 0 Å². The first-order valence-corrected chi connectivity index (χ1v) is 9.81. The number of aliphatic hydroxyl groups excluding tert-OH is 1. The number of hydrogen-bond acceptors (Lipinski definition) is 7. The minimum atomic E-state index is -0.565. The van der Waals surface area contributed by atoms with Crippen molar-refractivity contribution < 1.29 is 19.4 Å². The molecule has 3 rings (SSSR count). The van der Waals surface area contributed by atoms with E-state index in [1.165, 1.54) is 6.20 Å². The number of thiazole rings is 1. The summed E-state index contributed by atoms with van der Waals surface area (Å²) in [7, 11) is 1.00. The lowest BCUT2D eigenvalue weighted by Crippen LogP contribution is -2.24. The number of ether oxygens (including phenoxy) is 2. The number of pyridine rings is 1. The number of carbonyl (C=O) groups excluding carboxylic acids is 1. The number of nitrogens with zero attached hydrogens (tertiary/aromatic N) is 2. The molecule has 0 aliphatic carbocycles. The lowest BCUT2D eigenvalue weighted by molar-refractivity contribution is 0.00624. The van der Waals surface area contributed by atoms with Gasteiger partial charge in [0.25, 0.3) is 0 Å². The van der Waals surface area contributed by atoms with Crippen LogP contribution in [0.5, 0.6) is 11.5 Å². The topological polar surface area (TPSA) is 81.5 Å². The summed E-state index contributed by atoms with van der Waals surface area (Å²) in [4.78, 5) is 20.6. The van der Waals surface area contributed by atoms with Crippen LogP contribution in [0.2, 0.25) is 0 Å². The van der Waals surface area contributed by atoms with Crippen molar-refractivity contribution >= 4 is 27.5 Å². The normalized spacial score (nSPS) is 10.3. The van der Waals surface area contributed by atoms with E-state index in [9.17, 15) is 4.79 Å². The highest BCUT2D eigenvalue weighted by molar-refractivity contribution is 7.18. The smallest absolute Gasteiger partial charge is 0.357 e. The summed E-state index contributed by atoms with van der Waals surface area (Å²) in [5.74, 6) is 0.750. The maximum atomic E-state index is 12.1. The minimum absolute atomic E-state index is 0.220. The molecule has 6 nitrogen and oxygen atoms in total. The number of fused-ring (bicyclic) bond motifs is 1. The van der Waals surface area contributed by atoms with Gasteiger partial charge in [-0.25, -0.2) is 14.8 Å². The van der Waals surface area contributed by atoms with Crippen LogP contribution in [-0.4, -0.2) is 33.8 Å². The van der Waals surface area contributed by atoms with Gasteiger partial charge in [0, 0.05) is 25.4 Å². The molecular weight excluding hydrogens is 376 g/mol. The molecule has 0 spiro atoms. The van der Waals surface area contributed by atoms with E-state index in [1.807, 2.05) is 59.7 Å². The van der Waals surface area contributed by atoms with Crippen molar-refractivity contribution in [3.05, 3.63) is 47.2 Å². The van der Waals surface area contributed by atoms with Gasteiger partial charge in [-0.05, 0) is 45.9 Å². The van der Waals surface area contributed by atoms with Gasteiger partial charge >= 0.3 is 5.97 Å². The summed E-state index contributed by atoms with van der Waals surface area (Å²) in [6.07, 6.45) is 1.53. The Balaban J connectivity index is 0.000000921. The first-order valence-electron chi connectivity index (χ1n) is 8.99. The summed E-state index contributed by atoms with van der Waals surface area (Å²) in [6, 6.07) is 9.00. The molecule has 0 atom stereocenters. The summed E-state index contributed by atoms with van der Waals surface area (Å²) < 4.78 is 12.2. The van der Waals surface area contributed by atoms with Gasteiger partial charge in [0.2, 0.25) is 0 Å². The molecule has 0 radical (unpaired) electrons. The number of rotatable bonds is 3. The third-order valence-corrected chi connectivity index (χ3v) is 3.98. The summed E-state index contributed by atoms with van der Waals surface area (Å²) in [5, 5.41) is 8.01. The Morgan fingerprint density at radius 1 is 1.07 bits per heavy atom. The van der Waals surface area contributed by atoms with Crippen molar-refractivity contribution in [3.63, 3.8) is 0 Å². The maximum Gasteiger partial charge on any atom is 0.357 e. The van der Waals surface area contributed by atoms with Crippen molar-refractivity contribution in [1.29, 1.82) is 0 Å². The average Bonchev–Trinajstić information content (AvgIpc) is 3.03. The first-order chi connectivity index (χ1) is 13.3. The fourth-order valence-corrected chi connectivity index (χ4v) is 2.99. The Hall–Kier alpha value is -2.51. The quantitative estimate of drug-likeness (QED) is 0.590. The van der Waals surface area contributed by atoms with Crippen LogP contribution in [0, 0.1) is 6.92 Å². The zero-order chi connectivity index (χ0) is 21.3. The van der Waals surface area contributed by atoms with Gasteiger partial charge < -0.3 is 14.6 Å². The molecule has 0 bridgehead atoms. The number of hydrogen-bond donors (Lipinski definition) is 1. The molecular formula is C21H28N2O4S. The Morgan fingerprint density at radius 2 is 1.71 bits per heavy atom. The molecule has 0 saturated heterocycles. The molecule has 0 aliphatic rings. The molecule has 152 valence electrons. The van der Waals surface area contributed by atoms with Crippen LogP contribution in [0.3, 0.4) is 0 Å². The van der Waals surface area contributed by atoms with Gasteiger partial charge in [0.1, 0.15) is 17.1 Å². The predicted octanol–water partition coefficient (Wildman–Crippen LogP) is 5.38. The zero-order valence-corrected chi connectivity index (χ0v) is 18.3. The fraction of sp³-hybridized carbons (Fsp3) is 0.381. The van der Waals surface area contributed by atoms with Crippen molar-refractivity contribution in [2.45, 2.75) is 47.1 Å². The van der Waals surface area contributed by atoms with Gasteiger partial charge in [0.05, 0.1) is 15.2 Å². The van der Waals surface area contributed by atoms with Crippen molar-refractivity contribution in [2.75, 3.05) is 7.11 Å². The van der Waals surface area contributed by atoms with E-state index in [0.717, 1.165) is 22.3 Å². The van der Waals surface area contributed by atoms with Crippen LogP contribution in [0.4, 0.5) is 0 Å². The van der Waals surface area contributed by atoms with Crippen LogP contribution < -0.4 is 4.74 Å². The second-order valence-corrected chi connectivity index (χ2v) is 7.58. The molecule has 0 unspecified atom stereocenters. The Bertz CT molecular complexity index is 901.